The third-order valence-electron chi connectivity index (χ3n) is 3.70. The summed E-state index contributed by atoms with van der Waals surface area (Å²) < 4.78 is 0. The number of nitrogens with one attached hydrogen (secondary N) is 2. The van der Waals surface area contributed by atoms with Crippen LogP contribution >= 0.6 is 23.2 Å². The third kappa shape index (κ3) is 3.63. The van der Waals surface area contributed by atoms with E-state index >= 15 is 0 Å². The van der Waals surface area contributed by atoms with E-state index in [1.54, 1.807) is 18.2 Å². The number of hydrogen-bond acceptors (Lipinski definition) is 3. The van der Waals surface area contributed by atoms with Gasteiger partial charge in [0.05, 0.1) is 28.5 Å². The highest BCUT2D eigenvalue weighted by Gasteiger charge is 2.20. The maximum Gasteiger partial charge on any atom is 0.257 e. The number of nitrogens with zero attached hydrogens (tertiary/aromatic N) is 1. The topological polar surface area (TPSA) is 61.4 Å². The Hall–Kier alpha value is -2.24. The van der Waals surface area contributed by atoms with Crippen molar-refractivity contribution in [3.8, 4) is 0 Å². The van der Waals surface area contributed by atoms with Gasteiger partial charge >= 0.3 is 0 Å². The van der Waals surface area contributed by atoms with Gasteiger partial charge in [0.2, 0.25) is 5.91 Å². The molecule has 0 aliphatic carbocycles. The number of rotatable bonds is 3. The standard InChI is InChI=1S/C17H15Cl2N3O2/c18-11-5-6-13(19)12(9-11)17(24)21-14-3-1-2-4-15(14)22-8-7-20-16(23)10-22/h1-6,9H,7-8,10H2,(H,20,23)(H,21,24). The average Bonchev–Trinajstić information content (AvgIpc) is 2.57. The van der Waals surface area contributed by atoms with E-state index in [1.807, 2.05) is 23.1 Å². The van der Waals surface area contributed by atoms with Gasteiger partial charge in [0.15, 0.2) is 0 Å². The fourth-order valence-electron chi connectivity index (χ4n) is 2.56. The molecule has 1 aliphatic rings. The van der Waals surface area contributed by atoms with Crippen molar-refractivity contribution < 1.29 is 9.59 Å². The number of anilines is 2. The molecule has 3 rings (SSSR count). The number of piperazine rings is 1. The van der Waals surface area contributed by atoms with E-state index in [0.717, 1.165) is 5.69 Å². The molecule has 0 aromatic heterocycles. The molecule has 2 aromatic rings. The lowest BCUT2D eigenvalue weighted by Crippen LogP contribution is -2.47. The van der Waals surface area contributed by atoms with Crippen LogP contribution in [0.2, 0.25) is 10.0 Å². The van der Waals surface area contributed by atoms with Crippen LogP contribution in [0.1, 0.15) is 10.4 Å². The molecule has 1 heterocycles. The Morgan fingerprint density at radius 3 is 2.75 bits per heavy atom. The van der Waals surface area contributed by atoms with Crippen LogP contribution in [0, 0.1) is 0 Å². The third-order valence-corrected chi connectivity index (χ3v) is 4.27. The molecule has 7 heteroatoms. The Morgan fingerprint density at radius 2 is 1.96 bits per heavy atom. The second-order valence-corrected chi connectivity index (χ2v) is 6.21. The van der Waals surface area contributed by atoms with Crippen molar-refractivity contribution in [1.29, 1.82) is 0 Å². The summed E-state index contributed by atoms with van der Waals surface area (Å²) in [6.07, 6.45) is 0. The molecule has 5 nitrogen and oxygen atoms in total. The Morgan fingerprint density at radius 1 is 1.17 bits per heavy atom. The molecule has 1 fully saturated rings. The number of hydrogen-bond donors (Lipinski definition) is 2. The first-order chi connectivity index (χ1) is 11.5. The zero-order chi connectivity index (χ0) is 17.1. The van der Waals surface area contributed by atoms with Gasteiger partial charge < -0.3 is 15.5 Å². The molecular weight excluding hydrogens is 349 g/mol. The summed E-state index contributed by atoms with van der Waals surface area (Å²) in [6.45, 7) is 1.50. The molecule has 2 N–H and O–H groups in total. The van der Waals surface area contributed by atoms with Gasteiger partial charge in [0.1, 0.15) is 0 Å². The molecule has 24 heavy (non-hydrogen) atoms. The van der Waals surface area contributed by atoms with Gasteiger partial charge in [-0.15, -0.1) is 0 Å². The van der Waals surface area contributed by atoms with Crippen LogP contribution in [-0.2, 0) is 4.79 Å². The van der Waals surface area contributed by atoms with E-state index in [4.69, 9.17) is 23.2 Å². The van der Waals surface area contributed by atoms with Crippen molar-refractivity contribution in [3.63, 3.8) is 0 Å². The quantitative estimate of drug-likeness (QED) is 0.880. The monoisotopic (exact) mass is 363 g/mol. The number of para-hydroxylation sites is 2. The van der Waals surface area contributed by atoms with Crippen LogP contribution in [-0.4, -0.2) is 31.4 Å². The summed E-state index contributed by atoms with van der Waals surface area (Å²) in [5, 5.41) is 6.39. The largest absolute Gasteiger partial charge is 0.359 e. The van der Waals surface area contributed by atoms with E-state index in [9.17, 15) is 9.59 Å². The second kappa shape index (κ2) is 7.11. The first-order valence-corrected chi connectivity index (χ1v) is 8.17. The smallest absolute Gasteiger partial charge is 0.257 e. The molecule has 2 aromatic carbocycles. The zero-order valence-electron chi connectivity index (χ0n) is 12.7. The van der Waals surface area contributed by atoms with E-state index in [-0.39, 0.29) is 18.4 Å². The van der Waals surface area contributed by atoms with Crippen molar-refractivity contribution in [3.05, 3.63) is 58.1 Å². The van der Waals surface area contributed by atoms with Gasteiger partial charge in [-0.3, -0.25) is 9.59 Å². The predicted molar refractivity (Wildman–Crippen MR) is 96.1 cm³/mol. The highest BCUT2D eigenvalue weighted by molar-refractivity contribution is 6.36. The number of amides is 2. The number of halogens is 2. The van der Waals surface area contributed by atoms with Crippen LogP contribution in [0.3, 0.4) is 0 Å². The lowest BCUT2D eigenvalue weighted by molar-refractivity contribution is -0.120. The lowest BCUT2D eigenvalue weighted by atomic mass is 10.1. The highest BCUT2D eigenvalue weighted by atomic mass is 35.5. The van der Waals surface area contributed by atoms with Crippen LogP contribution in [0.5, 0.6) is 0 Å². The Labute approximate surface area is 149 Å². The molecule has 0 saturated carbocycles. The molecule has 0 atom stereocenters. The van der Waals surface area contributed by atoms with E-state index in [2.05, 4.69) is 10.6 Å². The summed E-state index contributed by atoms with van der Waals surface area (Å²) >= 11 is 12.0. The minimum Gasteiger partial charge on any atom is -0.359 e. The highest BCUT2D eigenvalue weighted by Crippen LogP contribution is 2.28. The molecule has 0 unspecified atom stereocenters. The van der Waals surface area contributed by atoms with Crippen LogP contribution < -0.4 is 15.5 Å². The molecule has 2 amide bonds. The van der Waals surface area contributed by atoms with Gasteiger partial charge in [-0.2, -0.15) is 0 Å². The Balaban J connectivity index is 1.86. The van der Waals surface area contributed by atoms with Gasteiger partial charge in [-0.25, -0.2) is 0 Å². The normalized spacial score (nSPS) is 14.2. The molecule has 0 bridgehead atoms. The van der Waals surface area contributed by atoms with Gasteiger partial charge in [-0.05, 0) is 30.3 Å². The Bertz CT molecular complexity index is 795. The number of carbonyl (C=O) groups excluding carboxylic acids is 2. The summed E-state index contributed by atoms with van der Waals surface area (Å²) in [5.41, 5.74) is 1.71. The van der Waals surface area contributed by atoms with Crippen molar-refractivity contribution in [2.75, 3.05) is 29.9 Å². The van der Waals surface area contributed by atoms with Gasteiger partial charge in [-0.1, -0.05) is 35.3 Å². The SMILES string of the molecule is O=C1CN(c2ccccc2NC(=O)c2cc(Cl)ccc2Cl)CCN1. The second-order valence-electron chi connectivity index (χ2n) is 5.37. The average molecular weight is 364 g/mol. The fourth-order valence-corrected chi connectivity index (χ4v) is 2.94. The van der Waals surface area contributed by atoms with Crippen LogP contribution in [0.25, 0.3) is 0 Å². The first-order valence-electron chi connectivity index (χ1n) is 7.41. The summed E-state index contributed by atoms with van der Waals surface area (Å²) in [7, 11) is 0. The van der Waals surface area contributed by atoms with Gasteiger partial charge in [0.25, 0.3) is 5.91 Å². The minimum absolute atomic E-state index is 0.0414. The molecule has 1 saturated heterocycles. The van der Waals surface area contributed by atoms with Crippen LogP contribution in [0.15, 0.2) is 42.5 Å². The summed E-state index contributed by atoms with van der Waals surface area (Å²) in [4.78, 5) is 26.1. The van der Waals surface area contributed by atoms with Crippen molar-refractivity contribution in [2.45, 2.75) is 0 Å². The van der Waals surface area contributed by atoms with E-state index in [1.165, 1.54) is 6.07 Å². The molecule has 1 aliphatic heterocycles. The van der Waals surface area contributed by atoms with Crippen LogP contribution in [0.4, 0.5) is 11.4 Å². The minimum atomic E-state index is -0.351. The predicted octanol–water partition coefficient (Wildman–Crippen LogP) is 3.18. The summed E-state index contributed by atoms with van der Waals surface area (Å²) in [5.74, 6) is -0.392. The van der Waals surface area contributed by atoms with Crippen molar-refractivity contribution in [1.82, 2.24) is 5.32 Å². The fraction of sp³-hybridized carbons (Fsp3) is 0.176. The molecule has 0 spiro atoms. The van der Waals surface area contributed by atoms with Gasteiger partial charge in [0, 0.05) is 18.1 Å². The van der Waals surface area contributed by atoms with E-state index < -0.39 is 0 Å². The summed E-state index contributed by atoms with van der Waals surface area (Å²) in [6, 6.07) is 12.1. The molecule has 0 radical (unpaired) electrons. The maximum atomic E-state index is 12.5. The maximum absolute atomic E-state index is 12.5. The Kier molecular flexibility index (Phi) is 4.92. The molecular formula is C17H15Cl2N3O2. The number of benzene rings is 2. The first kappa shape index (κ1) is 16.6. The van der Waals surface area contributed by atoms with Crippen molar-refractivity contribution in [2.24, 2.45) is 0 Å². The number of carbonyl (C=O) groups is 2. The van der Waals surface area contributed by atoms with E-state index in [0.29, 0.717) is 34.4 Å². The lowest BCUT2D eigenvalue weighted by Gasteiger charge is -2.30. The van der Waals surface area contributed by atoms with Crippen molar-refractivity contribution >= 4 is 46.4 Å². The zero-order valence-corrected chi connectivity index (χ0v) is 14.2. The molecule has 124 valence electrons.